The molecule has 1 unspecified atom stereocenters. The summed E-state index contributed by atoms with van der Waals surface area (Å²) in [6.45, 7) is 2.28. The van der Waals surface area contributed by atoms with Crippen molar-refractivity contribution < 1.29 is 26.6 Å². The maximum absolute atomic E-state index is 12.0. The Kier molecular flexibility index (Phi) is 8.09. The smallest absolute Gasteiger partial charge is 0.309 e. The summed E-state index contributed by atoms with van der Waals surface area (Å²) in [6.07, 6.45) is 17.8. The summed E-state index contributed by atoms with van der Waals surface area (Å²) < 4.78 is 5.16. The van der Waals surface area contributed by atoms with Crippen molar-refractivity contribution >= 4 is 5.97 Å². The molecular weight excluding hydrogens is 280 g/mol. The third-order valence-corrected chi connectivity index (χ3v) is 3.12. The molecule has 0 aliphatic heterocycles. The van der Waals surface area contributed by atoms with E-state index in [9.17, 15) is 4.79 Å². The SMILES string of the molecule is CCOC(=O)C(CC[C]1[CH][CH][CH][CH]1)[C]1[CH][CH][CH][CH]1.[Fe]. The minimum atomic E-state index is -0.144. The minimum Gasteiger partial charge on any atom is -0.466 e. The normalized spacial score (nSPS) is 22.2. The largest absolute Gasteiger partial charge is 0.466 e. The van der Waals surface area contributed by atoms with Crippen LogP contribution in [0.15, 0.2) is 0 Å². The molecule has 0 heterocycles. The number of rotatable bonds is 6. The standard InChI is InChI=1S/C16H18O2.Fe/c1-2-18-16(17)15(14-9-5-6-10-14)12-11-13-7-3-4-8-13;/h3-10,15H,2,11-12H2,1H3;. The van der Waals surface area contributed by atoms with Crippen LogP contribution >= 0.6 is 0 Å². The van der Waals surface area contributed by atoms with Crippen LogP contribution in [0, 0.1) is 69.1 Å². The van der Waals surface area contributed by atoms with Gasteiger partial charge in [-0.1, -0.05) is 0 Å². The van der Waals surface area contributed by atoms with Gasteiger partial charge < -0.3 is 4.74 Å². The first kappa shape index (κ1) is 17.0. The van der Waals surface area contributed by atoms with Gasteiger partial charge in [-0.25, -0.2) is 0 Å². The van der Waals surface area contributed by atoms with Crippen molar-refractivity contribution in [2.75, 3.05) is 6.61 Å². The molecule has 2 saturated carbocycles. The third-order valence-electron chi connectivity index (χ3n) is 3.12. The van der Waals surface area contributed by atoms with Gasteiger partial charge in [-0.2, -0.15) is 0 Å². The van der Waals surface area contributed by atoms with E-state index in [1.54, 1.807) is 0 Å². The number of esters is 1. The second kappa shape index (κ2) is 9.02. The predicted molar refractivity (Wildman–Crippen MR) is 70.2 cm³/mol. The van der Waals surface area contributed by atoms with Crippen LogP contribution in [0.3, 0.4) is 0 Å². The molecule has 3 heteroatoms. The Hall–Kier alpha value is -0.0105. The summed E-state index contributed by atoms with van der Waals surface area (Å²) in [5.41, 5.74) is 0. The van der Waals surface area contributed by atoms with E-state index in [0.29, 0.717) is 6.61 Å². The van der Waals surface area contributed by atoms with Gasteiger partial charge in [0, 0.05) is 17.1 Å². The fourth-order valence-electron chi connectivity index (χ4n) is 2.18. The molecule has 102 valence electrons. The molecule has 0 spiro atoms. The van der Waals surface area contributed by atoms with Crippen molar-refractivity contribution in [3.8, 4) is 0 Å². The van der Waals surface area contributed by atoms with Crippen molar-refractivity contribution in [1.29, 1.82) is 0 Å². The molecule has 0 amide bonds. The van der Waals surface area contributed by atoms with E-state index in [4.69, 9.17) is 4.74 Å². The molecule has 0 aromatic heterocycles. The van der Waals surface area contributed by atoms with Gasteiger partial charge in [0.15, 0.2) is 0 Å². The number of hydrogen-bond donors (Lipinski definition) is 0. The van der Waals surface area contributed by atoms with Gasteiger partial charge in [0.25, 0.3) is 0 Å². The van der Waals surface area contributed by atoms with Crippen LogP contribution in [0.4, 0.5) is 0 Å². The summed E-state index contributed by atoms with van der Waals surface area (Å²) in [4.78, 5) is 12.0. The Bertz CT molecular complexity index is 255. The van der Waals surface area contributed by atoms with Gasteiger partial charge in [0.2, 0.25) is 0 Å². The minimum absolute atomic E-state index is 0. The van der Waals surface area contributed by atoms with Gasteiger partial charge in [0.1, 0.15) is 0 Å². The average Bonchev–Trinajstić information content (AvgIpc) is 3.01. The summed E-state index contributed by atoms with van der Waals surface area (Å²) in [5, 5.41) is 0. The Morgan fingerprint density at radius 3 is 2.26 bits per heavy atom. The number of carbonyl (C=O) groups excluding carboxylic acids is 1. The van der Waals surface area contributed by atoms with Crippen molar-refractivity contribution in [1.82, 2.24) is 0 Å². The monoisotopic (exact) mass is 298 g/mol. The zero-order chi connectivity index (χ0) is 12.8. The number of ether oxygens (including phenoxy) is 1. The molecule has 1 atom stereocenters. The molecule has 2 aliphatic carbocycles. The molecule has 2 nitrogen and oxygen atoms in total. The molecule has 2 rings (SSSR count). The quantitative estimate of drug-likeness (QED) is 0.557. The summed E-state index contributed by atoms with van der Waals surface area (Å²) in [7, 11) is 0. The van der Waals surface area contributed by atoms with Crippen LogP contribution in [0.5, 0.6) is 0 Å². The first-order valence-electron chi connectivity index (χ1n) is 6.40. The fourth-order valence-corrected chi connectivity index (χ4v) is 2.18. The average molecular weight is 298 g/mol. The van der Waals surface area contributed by atoms with Crippen molar-refractivity contribution in [2.24, 2.45) is 5.92 Å². The van der Waals surface area contributed by atoms with E-state index in [1.807, 2.05) is 45.4 Å². The Balaban J connectivity index is 0.00000180. The van der Waals surface area contributed by atoms with Crippen LogP contribution in [-0.2, 0) is 26.6 Å². The Morgan fingerprint density at radius 1 is 1.11 bits per heavy atom. The van der Waals surface area contributed by atoms with E-state index in [-0.39, 0.29) is 29.0 Å². The summed E-state index contributed by atoms with van der Waals surface area (Å²) >= 11 is 0. The summed E-state index contributed by atoms with van der Waals surface area (Å²) in [5.74, 6) is 2.07. The van der Waals surface area contributed by atoms with Crippen molar-refractivity contribution in [3.05, 3.63) is 63.2 Å². The molecule has 10 radical (unpaired) electrons. The number of hydrogen-bond acceptors (Lipinski definition) is 2. The van der Waals surface area contributed by atoms with Crippen LogP contribution in [0.2, 0.25) is 0 Å². The van der Waals surface area contributed by atoms with Crippen LogP contribution < -0.4 is 0 Å². The van der Waals surface area contributed by atoms with Crippen molar-refractivity contribution in [3.63, 3.8) is 0 Å². The van der Waals surface area contributed by atoms with E-state index in [1.165, 1.54) is 5.92 Å². The van der Waals surface area contributed by atoms with Gasteiger partial charge in [-0.05, 0) is 83.0 Å². The fraction of sp³-hybridized carbons (Fsp3) is 0.312. The zero-order valence-electron chi connectivity index (χ0n) is 11.0. The van der Waals surface area contributed by atoms with E-state index in [2.05, 4.69) is 12.8 Å². The van der Waals surface area contributed by atoms with Crippen molar-refractivity contribution in [2.45, 2.75) is 19.8 Å². The van der Waals surface area contributed by atoms with E-state index in [0.717, 1.165) is 18.8 Å². The molecule has 2 fully saturated rings. The number of carbonyl (C=O) groups is 1. The predicted octanol–water partition coefficient (Wildman–Crippen LogP) is 2.75. The molecule has 0 saturated heterocycles. The third kappa shape index (κ3) is 5.11. The topological polar surface area (TPSA) is 26.3 Å². The first-order chi connectivity index (χ1) is 8.81. The second-order valence-corrected chi connectivity index (χ2v) is 4.35. The maximum atomic E-state index is 12.0. The molecular formula is C16H18FeO2. The zero-order valence-corrected chi connectivity index (χ0v) is 12.1. The molecule has 0 N–H and O–H groups in total. The van der Waals surface area contributed by atoms with E-state index < -0.39 is 0 Å². The van der Waals surface area contributed by atoms with Gasteiger partial charge >= 0.3 is 5.97 Å². The molecule has 2 aliphatic rings. The Labute approximate surface area is 128 Å². The van der Waals surface area contributed by atoms with Crippen LogP contribution in [-0.4, -0.2) is 12.6 Å². The maximum Gasteiger partial charge on any atom is 0.309 e. The van der Waals surface area contributed by atoms with Gasteiger partial charge in [-0.3, -0.25) is 4.79 Å². The first-order valence-corrected chi connectivity index (χ1v) is 6.40. The Morgan fingerprint density at radius 2 is 1.68 bits per heavy atom. The van der Waals surface area contributed by atoms with Crippen LogP contribution in [0.25, 0.3) is 0 Å². The molecule has 0 bridgehead atoms. The molecule has 0 aromatic rings. The molecule has 19 heavy (non-hydrogen) atoms. The van der Waals surface area contributed by atoms with Gasteiger partial charge in [-0.15, -0.1) is 0 Å². The van der Waals surface area contributed by atoms with Crippen LogP contribution in [0.1, 0.15) is 19.8 Å². The van der Waals surface area contributed by atoms with Gasteiger partial charge in [0.05, 0.1) is 12.5 Å². The van der Waals surface area contributed by atoms with E-state index >= 15 is 0 Å². The summed E-state index contributed by atoms with van der Waals surface area (Å²) in [6, 6.07) is 0. The molecule has 0 aromatic carbocycles. The second-order valence-electron chi connectivity index (χ2n) is 4.35.